The zero-order valence-corrected chi connectivity index (χ0v) is 20.0. The summed E-state index contributed by atoms with van der Waals surface area (Å²) < 4.78 is 25.4. The molecule has 0 radical (unpaired) electrons. The number of aromatic nitrogens is 1. The van der Waals surface area contributed by atoms with Crippen molar-refractivity contribution in [3.63, 3.8) is 0 Å². The Kier molecular flexibility index (Phi) is 6.99. The predicted molar refractivity (Wildman–Crippen MR) is 123 cm³/mol. The SMILES string of the molecule is COC(=O)C1=C(CN2CCOCC2(C)C(=O)O)NC(c2nccs2)=NC1c1ccc(Cl)cc1F. The summed E-state index contributed by atoms with van der Waals surface area (Å²) in [7, 11) is 1.22. The first-order valence-electron chi connectivity index (χ1n) is 10.3. The molecule has 3 heterocycles. The Bertz CT molecular complexity index is 1170. The highest BCUT2D eigenvalue weighted by Gasteiger charge is 2.44. The molecule has 4 rings (SSSR count). The Morgan fingerprint density at radius 2 is 2.26 bits per heavy atom. The molecule has 9 nitrogen and oxygen atoms in total. The van der Waals surface area contributed by atoms with Gasteiger partial charge in [0.25, 0.3) is 0 Å². The fourth-order valence-electron chi connectivity index (χ4n) is 3.89. The normalized spacial score (nSPS) is 23.3. The summed E-state index contributed by atoms with van der Waals surface area (Å²) in [5.41, 5.74) is -0.782. The first-order chi connectivity index (χ1) is 16.2. The van der Waals surface area contributed by atoms with Crippen LogP contribution in [0.1, 0.15) is 23.5 Å². The molecule has 0 bridgehead atoms. The maximum absolute atomic E-state index is 15.0. The molecule has 34 heavy (non-hydrogen) atoms. The zero-order valence-electron chi connectivity index (χ0n) is 18.4. The van der Waals surface area contributed by atoms with Crippen LogP contribution in [0.15, 0.2) is 46.0 Å². The van der Waals surface area contributed by atoms with Crippen molar-refractivity contribution in [3.8, 4) is 0 Å². The lowest BCUT2D eigenvalue weighted by Crippen LogP contribution is -2.61. The van der Waals surface area contributed by atoms with E-state index in [1.807, 2.05) is 0 Å². The summed E-state index contributed by atoms with van der Waals surface area (Å²) >= 11 is 7.25. The smallest absolute Gasteiger partial charge is 0.338 e. The van der Waals surface area contributed by atoms with Crippen molar-refractivity contribution >= 4 is 40.7 Å². The molecule has 1 saturated heterocycles. The summed E-state index contributed by atoms with van der Waals surface area (Å²) in [6, 6.07) is 3.07. The van der Waals surface area contributed by atoms with Crippen LogP contribution in [0.25, 0.3) is 0 Å². The number of carboxylic acid groups (broad SMARTS) is 1. The van der Waals surface area contributed by atoms with Gasteiger partial charge in [0.2, 0.25) is 0 Å². The highest BCUT2D eigenvalue weighted by atomic mass is 35.5. The third kappa shape index (κ3) is 4.56. The number of morpholine rings is 1. The summed E-state index contributed by atoms with van der Waals surface area (Å²) in [5.74, 6) is -2.07. The molecule has 0 spiro atoms. The molecule has 180 valence electrons. The molecule has 1 fully saturated rings. The van der Waals surface area contributed by atoms with Crippen LogP contribution in [0.3, 0.4) is 0 Å². The fraction of sp³-hybridized carbons (Fsp3) is 0.364. The topological polar surface area (TPSA) is 113 Å². The van der Waals surface area contributed by atoms with Gasteiger partial charge in [-0.25, -0.2) is 14.2 Å². The number of carbonyl (C=O) groups is 2. The van der Waals surface area contributed by atoms with Crippen LogP contribution >= 0.6 is 22.9 Å². The van der Waals surface area contributed by atoms with Crippen molar-refractivity contribution in [2.75, 3.05) is 33.4 Å². The molecule has 0 saturated carbocycles. The Morgan fingerprint density at radius 1 is 1.47 bits per heavy atom. The second kappa shape index (κ2) is 9.79. The average Bonchev–Trinajstić information content (AvgIpc) is 3.35. The van der Waals surface area contributed by atoms with E-state index in [9.17, 15) is 19.1 Å². The summed E-state index contributed by atoms with van der Waals surface area (Å²) in [4.78, 5) is 35.6. The largest absolute Gasteiger partial charge is 0.480 e. The molecular formula is C22H22ClFN4O5S. The maximum Gasteiger partial charge on any atom is 0.338 e. The lowest BCUT2D eigenvalue weighted by molar-refractivity contribution is -0.161. The van der Waals surface area contributed by atoms with Gasteiger partial charge >= 0.3 is 11.9 Å². The number of methoxy groups -OCH3 is 1. The molecule has 12 heteroatoms. The van der Waals surface area contributed by atoms with Crippen molar-refractivity contribution in [3.05, 3.63) is 62.5 Å². The van der Waals surface area contributed by atoms with Crippen LogP contribution in [-0.2, 0) is 19.1 Å². The Morgan fingerprint density at radius 3 is 2.91 bits per heavy atom. The highest BCUT2D eigenvalue weighted by Crippen LogP contribution is 2.36. The Balaban J connectivity index is 1.85. The quantitative estimate of drug-likeness (QED) is 0.572. The van der Waals surface area contributed by atoms with Gasteiger partial charge in [0.1, 0.15) is 17.4 Å². The number of halogens is 2. The highest BCUT2D eigenvalue weighted by molar-refractivity contribution is 7.11. The van der Waals surface area contributed by atoms with Crippen LogP contribution in [0.2, 0.25) is 5.02 Å². The van der Waals surface area contributed by atoms with E-state index >= 15 is 0 Å². The summed E-state index contributed by atoms with van der Waals surface area (Å²) in [6.45, 7) is 2.21. The molecule has 0 amide bonds. The standard InChI is InChI=1S/C22H22ClFN4O5S/c1-22(21(30)31)11-33-7-6-28(22)10-15-16(20(29)32-2)17(13-4-3-12(23)9-14(13)24)27-18(26-15)19-25-5-8-34-19/h3-5,8-9,17H,6-7,10-11H2,1-2H3,(H,26,27)(H,30,31). The molecule has 2 aliphatic rings. The molecule has 2 unspecified atom stereocenters. The number of ether oxygens (including phenoxy) is 2. The number of nitrogens with zero attached hydrogens (tertiary/aromatic N) is 3. The second-order valence-electron chi connectivity index (χ2n) is 7.95. The molecule has 2 N–H and O–H groups in total. The number of thiazole rings is 1. The van der Waals surface area contributed by atoms with Crippen LogP contribution in [-0.4, -0.2) is 71.7 Å². The summed E-state index contributed by atoms with van der Waals surface area (Å²) in [6.07, 6.45) is 1.60. The van der Waals surface area contributed by atoms with Gasteiger partial charge in [0.15, 0.2) is 10.8 Å². The van der Waals surface area contributed by atoms with Gasteiger partial charge in [-0.15, -0.1) is 11.3 Å². The van der Waals surface area contributed by atoms with E-state index in [4.69, 9.17) is 21.1 Å². The van der Waals surface area contributed by atoms with E-state index in [-0.39, 0.29) is 29.3 Å². The minimum absolute atomic E-state index is 0.0220. The number of amidine groups is 1. The van der Waals surface area contributed by atoms with E-state index in [2.05, 4.69) is 15.3 Å². The molecule has 0 aliphatic carbocycles. The molecular weight excluding hydrogens is 487 g/mol. The van der Waals surface area contributed by atoms with Gasteiger partial charge in [0.05, 0.1) is 25.9 Å². The van der Waals surface area contributed by atoms with Crippen molar-refractivity contribution < 1.29 is 28.6 Å². The first-order valence-corrected chi connectivity index (χ1v) is 11.6. The van der Waals surface area contributed by atoms with E-state index in [0.29, 0.717) is 29.7 Å². The molecule has 1 aromatic heterocycles. The lowest BCUT2D eigenvalue weighted by Gasteiger charge is -2.42. The molecule has 2 atom stereocenters. The van der Waals surface area contributed by atoms with Crippen molar-refractivity contribution in [1.82, 2.24) is 15.2 Å². The van der Waals surface area contributed by atoms with E-state index in [1.54, 1.807) is 23.4 Å². The molecule has 2 aliphatic heterocycles. The summed E-state index contributed by atoms with van der Waals surface area (Å²) in [5, 5.41) is 15.5. The fourth-order valence-corrected chi connectivity index (χ4v) is 4.64. The number of benzene rings is 1. The second-order valence-corrected chi connectivity index (χ2v) is 9.28. The number of nitrogens with one attached hydrogen (secondary N) is 1. The molecule has 1 aromatic carbocycles. The van der Waals surface area contributed by atoms with Crippen LogP contribution in [0, 0.1) is 5.82 Å². The minimum atomic E-state index is -1.33. The van der Waals surface area contributed by atoms with Crippen LogP contribution < -0.4 is 5.32 Å². The third-order valence-electron chi connectivity index (χ3n) is 5.82. The number of rotatable bonds is 6. The monoisotopic (exact) mass is 508 g/mol. The number of esters is 1. The third-order valence-corrected chi connectivity index (χ3v) is 6.83. The van der Waals surface area contributed by atoms with E-state index in [0.717, 1.165) is 6.07 Å². The zero-order chi connectivity index (χ0) is 24.5. The van der Waals surface area contributed by atoms with Crippen molar-refractivity contribution in [2.45, 2.75) is 18.5 Å². The number of hydrogen-bond donors (Lipinski definition) is 2. The number of carbonyl (C=O) groups excluding carboxylic acids is 1. The van der Waals surface area contributed by atoms with Gasteiger partial charge < -0.3 is 19.9 Å². The van der Waals surface area contributed by atoms with Gasteiger partial charge in [-0.05, 0) is 19.1 Å². The van der Waals surface area contributed by atoms with Crippen molar-refractivity contribution in [1.29, 1.82) is 0 Å². The first kappa shape index (κ1) is 24.3. The number of aliphatic imine (C=N–C) groups is 1. The number of carboxylic acids is 1. The van der Waals surface area contributed by atoms with E-state index in [1.165, 1.54) is 30.6 Å². The molecule has 2 aromatic rings. The van der Waals surface area contributed by atoms with Crippen LogP contribution in [0.4, 0.5) is 4.39 Å². The van der Waals surface area contributed by atoms with Gasteiger partial charge in [0, 0.05) is 40.9 Å². The number of aliphatic carboxylic acids is 1. The van der Waals surface area contributed by atoms with Crippen LogP contribution in [0.5, 0.6) is 0 Å². The lowest BCUT2D eigenvalue weighted by atomic mass is 9.93. The number of hydrogen-bond acceptors (Lipinski definition) is 9. The minimum Gasteiger partial charge on any atom is -0.480 e. The average molecular weight is 509 g/mol. The maximum atomic E-state index is 15.0. The predicted octanol–water partition coefficient (Wildman–Crippen LogP) is 2.63. The van der Waals surface area contributed by atoms with Gasteiger partial charge in [-0.2, -0.15) is 0 Å². The van der Waals surface area contributed by atoms with Gasteiger partial charge in [-0.1, -0.05) is 17.7 Å². The Labute approximate surface area is 203 Å². The Hall–Kier alpha value is -2.86. The van der Waals surface area contributed by atoms with E-state index < -0.39 is 29.3 Å². The van der Waals surface area contributed by atoms with Gasteiger partial charge in [-0.3, -0.25) is 14.7 Å². The van der Waals surface area contributed by atoms with Crippen molar-refractivity contribution in [2.24, 2.45) is 4.99 Å².